The number of nitrogens with zero attached hydrogens (tertiary/aromatic N) is 1. The second kappa shape index (κ2) is 3.94. The highest BCUT2D eigenvalue weighted by Gasteiger charge is 2.32. The third-order valence-electron chi connectivity index (χ3n) is 1.87. The molecule has 0 fully saturated rings. The van der Waals surface area contributed by atoms with E-state index in [1.807, 2.05) is 0 Å². The van der Waals surface area contributed by atoms with E-state index in [4.69, 9.17) is 17.3 Å². The predicted molar refractivity (Wildman–Crippen MR) is 52.8 cm³/mol. The van der Waals surface area contributed by atoms with Crippen molar-refractivity contribution in [3.05, 3.63) is 29.0 Å². The van der Waals surface area contributed by atoms with Gasteiger partial charge in [-0.25, -0.2) is 4.79 Å². The monoisotopic (exact) mass is 214 g/mol. The molecular formula is C9H11ClN2O2. The van der Waals surface area contributed by atoms with E-state index in [0.29, 0.717) is 10.7 Å². The number of halogens is 1. The fourth-order valence-corrected chi connectivity index (χ4v) is 1.11. The van der Waals surface area contributed by atoms with Gasteiger partial charge in [0.25, 0.3) is 0 Å². The molecule has 5 heteroatoms. The average Bonchev–Trinajstić information content (AvgIpc) is 2.17. The van der Waals surface area contributed by atoms with Crippen molar-refractivity contribution in [2.45, 2.75) is 12.5 Å². The van der Waals surface area contributed by atoms with Crippen molar-refractivity contribution in [1.82, 2.24) is 4.98 Å². The number of carbonyl (C=O) groups is 1. The van der Waals surface area contributed by atoms with E-state index >= 15 is 0 Å². The number of carbonyl (C=O) groups excluding carboxylic acids is 1. The molecule has 0 bridgehead atoms. The van der Waals surface area contributed by atoms with Crippen molar-refractivity contribution in [3.8, 4) is 0 Å². The lowest BCUT2D eigenvalue weighted by molar-refractivity contribution is -0.146. The summed E-state index contributed by atoms with van der Waals surface area (Å²) in [4.78, 5) is 15.3. The quantitative estimate of drug-likeness (QED) is 0.749. The Hall–Kier alpha value is -1.13. The van der Waals surface area contributed by atoms with Gasteiger partial charge >= 0.3 is 5.97 Å². The molecule has 0 saturated heterocycles. The number of esters is 1. The average molecular weight is 215 g/mol. The Labute approximate surface area is 87.0 Å². The molecule has 0 amide bonds. The molecule has 1 unspecified atom stereocenters. The molecule has 14 heavy (non-hydrogen) atoms. The summed E-state index contributed by atoms with van der Waals surface area (Å²) in [6.07, 6.45) is 1.44. The molecule has 0 radical (unpaired) electrons. The maximum atomic E-state index is 11.3. The van der Waals surface area contributed by atoms with Crippen LogP contribution in [0.2, 0.25) is 5.02 Å². The van der Waals surface area contributed by atoms with Gasteiger partial charge in [0.05, 0.1) is 17.8 Å². The van der Waals surface area contributed by atoms with Crippen LogP contribution in [-0.2, 0) is 15.1 Å². The van der Waals surface area contributed by atoms with Gasteiger partial charge in [-0.15, -0.1) is 0 Å². The molecule has 0 aromatic carbocycles. The molecule has 1 aromatic rings. The normalized spacial score (nSPS) is 14.6. The SMILES string of the molecule is COC(=O)C(C)(N)c1ccc(Cl)cn1. The first-order valence-corrected chi connectivity index (χ1v) is 4.35. The topological polar surface area (TPSA) is 65.2 Å². The summed E-state index contributed by atoms with van der Waals surface area (Å²) in [5.74, 6) is -0.535. The van der Waals surface area contributed by atoms with E-state index in [1.54, 1.807) is 12.1 Å². The molecule has 0 aliphatic carbocycles. The van der Waals surface area contributed by atoms with E-state index in [2.05, 4.69) is 9.72 Å². The number of nitrogens with two attached hydrogens (primary N) is 1. The second-order valence-corrected chi connectivity index (χ2v) is 3.49. The Morgan fingerprint density at radius 3 is 2.71 bits per heavy atom. The largest absolute Gasteiger partial charge is 0.467 e. The number of rotatable bonds is 2. The minimum Gasteiger partial charge on any atom is -0.467 e. The first-order chi connectivity index (χ1) is 6.48. The lowest BCUT2D eigenvalue weighted by atomic mass is 9.99. The van der Waals surface area contributed by atoms with Crippen LogP contribution in [0.25, 0.3) is 0 Å². The zero-order valence-corrected chi connectivity index (χ0v) is 8.71. The molecule has 4 nitrogen and oxygen atoms in total. The van der Waals surface area contributed by atoms with Crippen molar-refractivity contribution in [3.63, 3.8) is 0 Å². The zero-order chi connectivity index (χ0) is 10.8. The van der Waals surface area contributed by atoms with Crippen LogP contribution in [0, 0.1) is 0 Å². The smallest absolute Gasteiger partial charge is 0.331 e. The number of aromatic nitrogens is 1. The second-order valence-electron chi connectivity index (χ2n) is 3.06. The zero-order valence-electron chi connectivity index (χ0n) is 7.95. The maximum Gasteiger partial charge on any atom is 0.331 e. The van der Waals surface area contributed by atoms with Crippen LogP contribution in [0.4, 0.5) is 0 Å². The van der Waals surface area contributed by atoms with E-state index in [1.165, 1.54) is 20.2 Å². The molecule has 1 atom stereocenters. The summed E-state index contributed by atoms with van der Waals surface area (Å²) in [5, 5.41) is 0.495. The van der Waals surface area contributed by atoms with Gasteiger partial charge in [-0.05, 0) is 19.1 Å². The van der Waals surface area contributed by atoms with Crippen LogP contribution in [0.3, 0.4) is 0 Å². The van der Waals surface area contributed by atoms with Crippen molar-refractivity contribution < 1.29 is 9.53 Å². The molecule has 1 heterocycles. The van der Waals surface area contributed by atoms with Gasteiger partial charge in [0, 0.05) is 6.20 Å². The Balaban J connectivity index is 3.03. The highest BCUT2D eigenvalue weighted by Crippen LogP contribution is 2.18. The van der Waals surface area contributed by atoms with Gasteiger partial charge in [0.1, 0.15) is 0 Å². The maximum absolute atomic E-state index is 11.3. The van der Waals surface area contributed by atoms with Crippen LogP contribution in [0.1, 0.15) is 12.6 Å². The molecule has 1 rings (SSSR count). The molecule has 2 N–H and O–H groups in total. The molecule has 1 aromatic heterocycles. The minimum atomic E-state index is -1.24. The Bertz CT molecular complexity index is 335. The van der Waals surface area contributed by atoms with Crippen molar-refractivity contribution in [2.75, 3.05) is 7.11 Å². The molecule has 0 spiro atoms. The van der Waals surface area contributed by atoms with Crippen LogP contribution in [-0.4, -0.2) is 18.1 Å². The standard InChI is InChI=1S/C9H11ClN2O2/c1-9(11,8(13)14-2)7-4-3-6(10)5-12-7/h3-5H,11H2,1-2H3. The fourth-order valence-electron chi connectivity index (χ4n) is 1.000. The third kappa shape index (κ3) is 2.02. The summed E-state index contributed by atoms with van der Waals surface area (Å²) < 4.78 is 4.56. The lowest BCUT2D eigenvalue weighted by Crippen LogP contribution is -2.43. The Morgan fingerprint density at radius 1 is 1.64 bits per heavy atom. The minimum absolute atomic E-state index is 0.425. The lowest BCUT2D eigenvalue weighted by Gasteiger charge is -2.20. The summed E-state index contributed by atoms with van der Waals surface area (Å²) in [7, 11) is 1.28. The van der Waals surface area contributed by atoms with Gasteiger partial charge in [-0.1, -0.05) is 11.6 Å². The van der Waals surface area contributed by atoms with Gasteiger partial charge in [0.2, 0.25) is 0 Å². The van der Waals surface area contributed by atoms with Crippen LogP contribution < -0.4 is 5.73 Å². The summed E-state index contributed by atoms with van der Waals surface area (Å²) >= 11 is 5.66. The molecule has 0 saturated carbocycles. The fraction of sp³-hybridized carbons (Fsp3) is 0.333. The van der Waals surface area contributed by atoms with Gasteiger partial charge in [-0.2, -0.15) is 0 Å². The first-order valence-electron chi connectivity index (χ1n) is 3.98. The van der Waals surface area contributed by atoms with Crippen LogP contribution >= 0.6 is 11.6 Å². The number of ether oxygens (including phenoxy) is 1. The number of hydrogen-bond acceptors (Lipinski definition) is 4. The summed E-state index contributed by atoms with van der Waals surface area (Å²) in [6, 6.07) is 3.22. The number of pyridine rings is 1. The molecule has 76 valence electrons. The number of hydrogen-bond donors (Lipinski definition) is 1. The van der Waals surface area contributed by atoms with Crippen molar-refractivity contribution in [2.24, 2.45) is 5.73 Å². The van der Waals surface area contributed by atoms with Crippen molar-refractivity contribution in [1.29, 1.82) is 0 Å². The van der Waals surface area contributed by atoms with Gasteiger partial charge in [0.15, 0.2) is 5.54 Å². The Kier molecular flexibility index (Phi) is 3.08. The van der Waals surface area contributed by atoms with E-state index in [-0.39, 0.29) is 0 Å². The van der Waals surface area contributed by atoms with E-state index in [0.717, 1.165) is 0 Å². The molecule has 0 aliphatic rings. The summed E-state index contributed by atoms with van der Waals surface area (Å²) in [6.45, 7) is 1.54. The van der Waals surface area contributed by atoms with Gasteiger partial charge in [-0.3, -0.25) is 4.98 Å². The third-order valence-corrected chi connectivity index (χ3v) is 2.09. The summed E-state index contributed by atoms with van der Waals surface area (Å²) in [5.41, 5.74) is 4.95. The van der Waals surface area contributed by atoms with Crippen molar-refractivity contribution >= 4 is 17.6 Å². The first kappa shape index (κ1) is 10.9. The van der Waals surface area contributed by atoms with E-state index < -0.39 is 11.5 Å². The Morgan fingerprint density at radius 2 is 2.29 bits per heavy atom. The highest BCUT2D eigenvalue weighted by molar-refractivity contribution is 6.30. The van der Waals surface area contributed by atoms with Crippen LogP contribution in [0.5, 0.6) is 0 Å². The molecular weight excluding hydrogens is 204 g/mol. The van der Waals surface area contributed by atoms with Gasteiger partial charge < -0.3 is 10.5 Å². The predicted octanol–water partition coefficient (Wildman–Crippen LogP) is 1.08. The van der Waals surface area contributed by atoms with Crippen LogP contribution in [0.15, 0.2) is 18.3 Å². The van der Waals surface area contributed by atoms with E-state index in [9.17, 15) is 4.79 Å². The number of methoxy groups -OCH3 is 1. The highest BCUT2D eigenvalue weighted by atomic mass is 35.5. The molecule has 0 aliphatic heterocycles.